The molecule has 11 nitrogen and oxygen atoms in total. The number of ketones is 2. The van der Waals surface area contributed by atoms with Crippen molar-refractivity contribution in [2.75, 3.05) is 34.3 Å². The number of Topliss-reactive ketones (excluding diaryl/α,β-unsaturated/α-hetero) is 2. The van der Waals surface area contributed by atoms with E-state index in [2.05, 4.69) is 11.8 Å². The van der Waals surface area contributed by atoms with Gasteiger partial charge in [-0.2, -0.15) is 0 Å². The molecule has 0 unspecified atom stereocenters. The molecule has 0 aliphatic heterocycles. The molecule has 11 heteroatoms. The SMILES string of the molecule is CCC1(CN(Cc2cc(O)c3c(c2OC)C[C@H]2C[C@H]4[C@H](N(C)C)C(O)=C(C(N)=O)C(=O)[C@@]4(O)C(O)=C2C3=O)CC2CC2)CCC1. The van der Waals surface area contributed by atoms with E-state index in [1.807, 2.05) is 0 Å². The Balaban J connectivity index is 1.41. The number of aliphatic hydroxyl groups excluding tert-OH is 2. The van der Waals surface area contributed by atoms with Crippen LogP contribution in [-0.4, -0.2) is 93.6 Å². The monoisotopic (exact) mass is 623 g/mol. The number of likely N-dealkylation sites (N-methyl/N-ethyl adjacent to an activating group) is 1. The van der Waals surface area contributed by atoms with Crippen LogP contribution < -0.4 is 10.5 Å². The number of carbonyl (C=O) groups excluding carboxylic acids is 3. The van der Waals surface area contributed by atoms with E-state index in [9.17, 15) is 34.8 Å². The molecule has 0 saturated heterocycles. The lowest BCUT2D eigenvalue weighted by atomic mass is 9.58. The normalized spacial score (nSPS) is 29.0. The number of methoxy groups -OCH3 is 1. The van der Waals surface area contributed by atoms with E-state index < -0.39 is 58.0 Å². The number of amides is 1. The zero-order chi connectivity index (χ0) is 32.6. The Morgan fingerprint density at radius 2 is 1.84 bits per heavy atom. The molecule has 0 aromatic heterocycles. The minimum absolute atomic E-state index is 0.0332. The fraction of sp³-hybridized carbons (Fsp3) is 0.618. The van der Waals surface area contributed by atoms with Gasteiger partial charge in [-0.3, -0.25) is 24.2 Å². The highest BCUT2D eigenvalue weighted by Crippen LogP contribution is 2.54. The quantitative estimate of drug-likeness (QED) is 0.244. The maximum atomic E-state index is 14.1. The summed E-state index contributed by atoms with van der Waals surface area (Å²) in [6, 6.07) is 0.526. The fourth-order valence-corrected chi connectivity index (χ4v) is 8.60. The van der Waals surface area contributed by atoms with E-state index >= 15 is 0 Å². The van der Waals surface area contributed by atoms with E-state index in [1.54, 1.807) is 32.2 Å². The van der Waals surface area contributed by atoms with E-state index in [-0.39, 0.29) is 29.7 Å². The number of fused-ring (bicyclic) bond motifs is 3. The Kier molecular flexibility index (Phi) is 7.81. The fourth-order valence-electron chi connectivity index (χ4n) is 8.60. The van der Waals surface area contributed by atoms with E-state index in [4.69, 9.17) is 10.5 Å². The average molecular weight is 624 g/mol. The average Bonchev–Trinajstić information content (AvgIpc) is 3.76. The molecule has 0 radical (unpaired) electrons. The van der Waals surface area contributed by atoms with Gasteiger partial charge in [-0.25, -0.2) is 0 Å². The number of nitrogens with two attached hydrogens (primary N) is 1. The summed E-state index contributed by atoms with van der Waals surface area (Å²) < 4.78 is 5.95. The molecule has 5 aliphatic rings. The van der Waals surface area contributed by atoms with E-state index in [1.165, 1.54) is 32.1 Å². The number of phenolic OH excluding ortho intramolecular Hbond substituents is 1. The van der Waals surface area contributed by atoms with Crippen molar-refractivity contribution in [3.05, 3.63) is 45.4 Å². The van der Waals surface area contributed by atoms with Crippen molar-refractivity contribution < 1.29 is 39.5 Å². The summed E-state index contributed by atoms with van der Waals surface area (Å²) in [5, 5.41) is 45.7. The molecule has 1 aromatic carbocycles. The molecule has 2 saturated carbocycles. The highest BCUT2D eigenvalue weighted by molar-refractivity contribution is 6.24. The second-order valence-corrected chi connectivity index (χ2v) is 14.2. The minimum atomic E-state index is -2.66. The largest absolute Gasteiger partial charge is 0.510 e. The van der Waals surface area contributed by atoms with Crippen molar-refractivity contribution in [1.82, 2.24) is 9.80 Å². The highest BCUT2D eigenvalue weighted by Gasteiger charge is 2.63. The third-order valence-electron chi connectivity index (χ3n) is 11.3. The second kappa shape index (κ2) is 11.1. The van der Waals surface area contributed by atoms with Gasteiger partial charge in [0.05, 0.1) is 18.7 Å². The van der Waals surface area contributed by atoms with Crippen LogP contribution in [0.3, 0.4) is 0 Å². The number of aromatic hydroxyl groups is 1. The second-order valence-electron chi connectivity index (χ2n) is 14.2. The van der Waals surface area contributed by atoms with Gasteiger partial charge < -0.3 is 30.9 Å². The molecule has 4 atom stereocenters. The molecule has 244 valence electrons. The molecule has 1 aromatic rings. The van der Waals surface area contributed by atoms with Crippen molar-refractivity contribution in [3.63, 3.8) is 0 Å². The number of phenols is 1. The number of ether oxygens (including phenoxy) is 1. The van der Waals surface area contributed by atoms with Crippen LogP contribution in [0.5, 0.6) is 11.5 Å². The molecule has 0 bridgehead atoms. The van der Waals surface area contributed by atoms with Gasteiger partial charge in [-0.1, -0.05) is 13.3 Å². The van der Waals surface area contributed by atoms with Crippen LogP contribution in [0.2, 0.25) is 0 Å². The number of hydrogen-bond donors (Lipinski definition) is 5. The number of rotatable bonds is 10. The smallest absolute Gasteiger partial charge is 0.255 e. The summed E-state index contributed by atoms with van der Waals surface area (Å²) in [6.45, 7) is 4.74. The number of aliphatic hydroxyl groups is 3. The number of allylic oxidation sites excluding steroid dienone is 1. The third kappa shape index (κ3) is 4.85. The molecule has 0 spiro atoms. The maximum absolute atomic E-state index is 14.1. The van der Waals surface area contributed by atoms with Crippen molar-refractivity contribution in [2.45, 2.75) is 76.5 Å². The van der Waals surface area contributed by atoms with Crippen LogP contribution >= 0.6 is 0 Å². The Labute approximate surface area is 263 Å². The number of nitrogens with zero attached hydrogens (tertiary/aromatic N) is 2. The Morgan fingerprint density at radius 1 is 1.16 bits per heavy atom. The third-order valence-corrected chi connectivity index (χ3v) is 11.3. The van der Waals surface area contributed by atoms with Crippen molar-refractivity contribution in [2.24, 2.45) is 28.9 Å². The van der Waals surface area contributed by atoms with E-state index in [0.717, 1.165) is 25.1 Å². The standard InChI is InChI=1S/C34H45N3O8/c1-5-33(9-6-10-33)16-37(14-17-7-8-17)15-19-13-22(38)24-20(29(19)45-4)11-18-12-21-26(36(2)3)28(40)25(32(35)43)31(42)34(21,44)30(41)23(18)27(24)39/h13,17-18,21,26,38,40-41,44H,5-12,14-16H2,1-4H3,(H2,35,43)/t18-,21-,26-,34-/m0/s1. The van der Waals surface area contributed by atoms with Crippen LogP contribution in [0.15, 0.2) is 28.7 Å². The molecule has 6 N–H and O–H groups in total. The van der Waals surface area contributed by atoms with Gasteiger partial charge >= 0.3 is 0 Å². The van der Waals surface area contributed by atoms with E-state index in [0.29, 0.717) is 29.2 Å². The van der Waals surface area contributed by atoms with Crippen LogP contribution in [-0.2, 0) is 22.6 Å². The van der Waals surface area contributed by atoms with Crippen LogP contribution in [0.4, 0.5) is 0 Å². The predicted octanol–water partition coefficient (Wildman–Crippen LogP) is 2.92. The Bertz CT molecular complexity index is 1520. The number of benzene rings is 1. The maximum Gasteiger partial charge on any atom is 0.255 e. The molecule has 0 heterocycles. The van der Waals surface area contributed by atoms with Gasteiger partial charge in [-0.05, 0) is 82.4 Å². The molecule has 45 heavy (non-hydrogen) atoms. The lowest BCUT2D eigenvalue weighted by Gasteiger charge is -2.50. The van der Waals surface area contributed by atoms with Gasteiger partial charge in [0, 0.05) is 42.3 Å². The van der Waals surface area contributed by atoms with Gasteiger partial charge in [0.2, 0.25) is 5.78 Å². The lowest BCUT2D eigenvalue weighted by Crippen LogP contribution is -2.63. The topological polar surface area (TPSA) is 174 Å². The van der Waals surface area contributed by atoms with Crippen LogP contribution in [0.1, 0.15) is 73.4 Å². The minimum Gasteiger partial charge on any atom is -0.510 e. The summed E-state index contributed by atoms with van der Waals surface area (Å²) >= 11 is 0. The first-order valence-corrected chi connectivity index (χ1v) is 16.1. The van der Waals surface area contributed by atoms with Crippen molar-refractivity contribution in [1.29, 1.82) is 0 Å². The van der Waals surface area contributed by atoms with Crippen molar-refractivity contribution >= 4 is 17.5 Å². The summed E-state index contributed by atoms with van der Waals surface area (Å²) in [6.07, 6.45) is 7.44. The van der Waals surface area contributed by atoms with Crippen LogP contribution in [0, 0.1) is 23.2 Å². The zero-order valence-electron chi connectivity index (χ0n) is 26.6. The molecular weight excluding hydrogens is 578 g/mol. The van der Waals surface area contributed by atoms with Gasteiger partial charge in [0.1, 0.15) is 28.6 Å². The molecule has 2 fully saturated rings. The summed E-state index contributed by atoms with van der Waals surface area (Å²) in [5.74, 6) is -5.47. The van der Waals surface area contributed by atoms with Gasteiger partial charge in [-0.15, -0.1) is 0 Å². The molecular formula is C34H45N3O8. The summed E-state index contributed by atoms with van der Waals surface area (Å²) in [7, 11) is 4.77. The summed E-state index contributed by atoms with van der Waals surface area (Å²) in [4.78, 5) is 43.8. The lowest BCUT2D eigenvalue weighted by molar-refractivity contribution is -0.148. The molecule has 1 amide bonds. The first-order chi connectivity index (χ1) is 21.3. The number of carbonyl (C=O) groups is 3. The molecule has 6 rings (SSSR count). The van der Waals surface area contributed by atoms with Crippen LogP contribution in [0.25, 0.3) is 0 Å². The number of primary amides is 1. The predicted molar refractivity (Wildman–Crippen MR) is 165 cm³/mol. The van der Waals surface area contributed by atoms with Gasteiger partial charge in [0.25, 0.3) is 5.91 Å². The zero-order valence-corrected chi connectivity index (χ0v) is 26.6. The highest BCUT2D eigenvalue weighted by atomic mass is 16.5. The molecule has 5 aliphatic carbocycles. The first-order valence-electron chi connectivity index (χ1n) is 16.1. The number of hydrogen-bond acceptors (Lipinski definition) is 10. The summed E-state index contributed by atoms with van der Waals surface area (Å²) in [5.41, 5.74) is 3.33. The van der Waals surface area contributed by atoms with Crippen molar-refractivity contribution in [3.8, 4) is 11.5 Å². The Hall–Kier alpha value is -3.41. The Morgan fingerprint density at radius 3 is 2.38 bits per heavy atom. The van der Waals surface area contributed by atoms with Gasteiger partial charge in [0.15, 0.2) is 11.4 Å². The first kappa shape index (κ1) is 31.6.